The van der Waals surface area contributed by atoms with Crippen LogP contribution in [-0.4, -0.2) is 45.5 Å². The van der Waals surface area contributed by atoms with Crippen LogP contribution in [-0.2, 0) is 4.84 Å². The highest BCUT2D eigenvalue weighted by Crippen LogP contribution is 2.09. The number of aliphatic hydroxyl groups excluding tert-OH is 1. The SMILES string of the molecule is O=C(c1cn[nH]c1)N1CC(O)CO1. The number of nitrogens with zero attached hydrogens (tertiary/aromatic N) is 2. The second kappa shape index (κ2) is 3.15. The van der Waals surface area contributed by atoms with Crippen LogP contribution in [0, 0.1) is 0 Å². The zero-order chi connectivity index (χ0) is 9.26. The van der Waals surface area contributed by atoms with Crippen LogP contribution in [0.2, 0.25) is 0 Å². The molecule has 0 aromatic carbocycles. The topological polar surface area (TPSA) is 78.5 Å². The number of hydroxylamine groups is 2. The van der Waals surface area contributed by atoms with Gasteiger partial charge in [-0.25, -0.2) is 5.06 Å². The highest BCUT2D eigenvalue weighted by Gasteiger charge is 2.27. The number of β-amino-alcohol motifs (C(OH)–C–C–N with tert-alkyl or cyclic N) is 1. The van der Waals surface area contributed by atoms with Crippen molar-refractivity contribution >= 4 is 5.91 Å². The van der Waals surface area contributed by atoms with Crippen LogP contribution in [0.3, 0.4) is 0 Å². The minimum Gasteiger partial charge on any atom is -0.389 e. The van der Waals surface area contributed by atoms with Gasteiger partial charge in [0.1, 0.15) is 12.7 Å². The molecule has 1 aromatic heterocycles. The van der Waals surface area contributed by atoms with Crippen molar-refractivity contribution in [3.63, 3.8) is 0 Å². The van der Waals surface area contributed by atoms with E-state index in [1.165, 1.54) is 12.4 Å². The van der Waals surface area contributed by atoms with Crippen molar-refractivity contribution in [1.29, 1.82) is 0 Å². The highest BCUT2D eigenvalue weighted by atomic mass is 16.7. The number of aliphatic hydroxyl groups is 1. The molecule has 1 aliphatic heterocycles. The smallest absolute Gasteiger partial charge is 0.280 e. The third-order valence-electron chi connectivity index (χ3n) is 1.77. The van der Waals surface area contributed by atoms with E-state index in [1.54, 1.807) is 0 Å². The lowest BCUT2D eigenvalue weighted by Crippen LogP contribution is -2.28. The van der Waals surface area contributed by atoms with Crippen molar-refractivity contribution in [3.8, 4) is 0 Å². The predicted octanol–water partition coefficient (Wildman–Crippen LogP) is -0.842. The van der Waals surface area contributed by atoms with Crippen molar-refractivity contribution in [2.75, 3.05) is 13.2 Å². The van der Waals surface area contributed by atoms with Crippen molar-refractivity contribution in [3.05, 3.63) is 18.0 Å². The maximum absolute atomic E-state index is 11.5. The molecule has 2 rings (SSSR count). The van der Waals surface area contributed by atoms with Crippen LogP contribution in [0.5, 0.6) is 0 Å². The molecular formula is C7H9N3O3. The Morgan fingerprint density at radius 3 is 3.23 bits per heavy atom. The average Bonchev–Trinajstić information content (AvgIpc) is 2.72. The molecular weight excluding hydrogens is 174 g/mol. The Morgan fingerprint density at radius 1 is 1.85 bits per heavy atom. The van der Waals surface area contributed by atoms with Gasteiger partial charge in [0.15, 0.2) is 0 Å². The number of nitrogens with one attached hydrogen (secondary N) is 1. The molecule has 0 saturated carbocycles. The fourth-order valence-electron chi connectivity index (χ4n) is 1.13. The summed E-state index contributed by atoms with van der Waals surface area (Å²) in [5.74, 6) is -0.287. The Hall–Kier alpha value is -1.40. The Labute approximate surface area is 74.1 Å². The summed E-state index contributed by atoms with van der Waals surface area (Å²) < 4.78 is 0. The number of carbonyl (C=O) groups is 1. The fourth-order valence-corrected chi connectivity index (χ4v) is 1.13. The lowest BCUT2D eigenvalue weighted by Gasteiger charge is -2.11. The van der Waals surface area contributed by atoms with Crippen LogP contribution in [0.1, 0.15) is 10.4 Å². The van der Waals surface area contributed by atoms with E-state index in [4.69, 9.17) is 9.94 Å². The molecule has 0 spiro atoms. The van der Waals surface area contributed by atoms with Gasteiger partial charge in [-0.15, -0.1) is 0 Å². The molecule has 2 N–H and O–H groups in total. The van der Waals surface area contributed by atoms with Crippen LogP contribution in [0.15, 0.2) is 12.4 Å². The minimum atomic E-state index is -0.587. The van der Waals surface area contributed by atoms with Gasteiger partial charge in [-0.1, -0.05) is 0 Å². The maximum Gasteiger partial charge on any atom is 0.280 e. The van der Waals surface area contributed by atoms with Gasteiger partial charge >= 0.3 is 0 Å². The molecule has 1 unspecified atom stereocenters. The molecule has 0 aliphatic carbocycles. The van der Waals surface area contributed by atoms with Crippen LogP contribution in [0.25, 0.3) is 0 Å². The van der Waals surface area contributed by atoms with Crippen molar-refractivity contribution in [2.24, 2.45) is 0 Å². The average molecular weight is 183 g/mol. The number of amides is 1. The number of H-pyrrole nitrogens is 1. The van der Waals surface area contributed by atoms with Crippen molar-refractivity contribution < 1.29 is 14.7 Å². The number of aromatic amines is 1. The van der Waals surface area contributed by atoms with Gasteiger partial charge in [-0.05, 0) is 0 Å². The summed E-state index contributed by atoms with van der Waals surface area (Å²) in [5.41, 5.74) is 0.425. The normalized spacial score (nSPS) is 22.2. The summed E-state index contributed by atoms with van der Waals surface area (Å²) >= 11 is 0. The first-order chi connectivity index (χ1) is 6.27. The Morgan fingerprint density at radius 2 is 2.69 bits per heavy atom. The van der Waals surface area contributed by atoms with Gasteiger partial charge in [0, 0.05) is 6.20 Å². The summed E-state index contributed by atoms with van der Waals surface area (Å²) in [6.07, 6.45) is 2.31. The molecule has 1 atom stereocenters. The van der Waals surface area contributed by atoms with E-state index in [9.17, 15) is 4.79 Å². The molecule has 0 bridgehead atoms. The third-order valence-corrected chi connectivity index (χ3v) is 1.77. The van der Waals surface area contributed by atoms with Crippen LogP contribution >= 0.6 is 0 Å². The first-order valence-electron chi connectivity index (χ1n) is 3.89. The summed E-state index contributed by atoms with van der Waals surface area (Å²) in [5, 5.41) is 16.4. The summed E-state index contributed by atoms with van der Waals surface area (Å²) in [7, 11) is 0. The molecule has 70 valence electrons. The van der Waals surface area contributed by atoms with Gasteiger partial charge in [0.05, 0.1) is 18.3 Å². The zero-order valence-electron chi connectivity index (χ0n) is 6.80. The first-order valence-corrected chi connectivity index (χ1v) is 3.89. The largest absolute Gasteiger partial charge is 0.389 e. The Balaban J connectivity index is 2.06. The van der Waals surface area contributed by atoms with Gasteiger partial charge in [0.25, 0.3) is 5.91 Å². The number of hydrogen-bond acceptors (Lipinski definition) is 4. The molecule has 1 saturated heterocycles. The quantitative estimate of drug-likeness (QED) is 0.595. The molecule has 1 aromatic rings. The summed E-state index contributed by atoms with van der Waals surface area (Å²) in [6.45, 7) is 0.383. The number of carbonyl (C=O) groups excluding carboxylic acids is 1. The van der Waals surface area contributed by atoms with Crippen LogP contribution in [0.4, 0.5) is 0 Å². The number of rotatable bonds is 1. The monoisotopic (exact) mass is 183 g/mol. The van der Waals surface area contributed by atoms with E-state index >= 15 is 0 Å². The molecule has 1 aliphatic rings. The fraction of sp³-hybridized carbons (Fsp3) is 0.429. The molecule has 6 nitrogen and oxygen atoms in total. The number of aromatic nitrogens is 2. The van der Waals surface area contributed by atoms with E-state index in [1.807, 2.05) is 0 Å². The van der Waals surface area contributed by atoms with Crippen molar-refractivity contribution in [2.45, 2.75) is 6.10 Å². The second-order valence-corrected chi connectivity index (χ2v) is 2.80. The highest BCUT2D eigenvalue weighted by molar-refractivity contribution is 5.93. The first kappa shape index (κ1) is 8.21. The van der Waals surface area contributed by atoms with E-state index in [-0.39, 0.29) is 19.1 Å². The molecule has 2 heterocycles. The Kier molecular flexibility index (Phi) is 1.99. The predicted molar refractivity (Wildman–Crippen MR) is 41.6 cm³/mol. The molecule has 1 fully saturated rings. The van der Waals surface area contributed by atoms with E-state index in [2.05, 4.69) is 10.2 Å². The van der Waals surface area contributed by atoms with E-state index in [0.29, 0.717) is 5.56 Å². The van der Waals surface area contributed by atoms with Crippen molar-refractivity contribution in [1.82, 2.24) is 15.3 Å². The van der Waals surface area contributed by atoms with Crippen LogP contribution < -0.4 is 0 Å². The van der Waals surface area contributed by atoms with Gasteiger partial charge in [0.2, 0.25) is 0 Å². The Bertz CT molecular complexity index is 298. The summed E-state index contributed by atoms with van der Waals surface area (Å²) in [4.78, 5) is 16.4. The number of hydrogen-bond donors (Lipinski definition) is 2. The second-order valence-electron chi connectivity index (χ2n) is 2.80. The lowest BCUT2D eigenvalue weighted by molar-refractivity contribution is -0.0779. The van der Waals surface area contributed by atoms with Gasteiger partial charge in [-0.3, -0.25) is 14.7 Å². The molecule has 1 amide bonds. The summed E-state index contributed by atoms with van der Waals surface area (Å²) in [6, 6.07) is 0. The maximum atomic E-state index is 11.5. The molecule has 13 heavy (non-hydrogen) atoms. The van der Waals surface area contributed by atoms with Gasteiger partial charge in [-0.2, -0.15) is 5.10 Å². The zero-order valence-corrected chi connectivity index (χ0v) is 6.80. The third kappa shape index (κ3) is 1.53. The van der Waals surface area contributed by atoms with E-state index in [0.717, 1.165) is 5.06 Å². The molecule has 0 radical (unpaired) electrons. The standard InChI is InChI=1S/C7H9N3O3/c11-6-3-10(13-4-6)7(12)5-1-8-9-2-5/h1-2,6,11H,3-4H2,(H,8,9). The van der Waals surface area contributed by atoms with E-state index < -0.39 is 6.10 Å². The van der Waals surface area contributed by atoms with Gasteiger partial charge < -0.3 is 5.11 Å². The minimum absolute atomic E-state index is 0.170. The lowest BCUT2D eigenvalue weighted by atomic mass is 10.3. The molecule has 6 heteroatoms.